The van der Waals surface area contributed by atoms with Gasteiger partial charge in [0, 0.05) is 5.56 Å². The van der Waals surface area contributed by atoms with Crippen LogP contribution in [0.5, 0.6) is 0 Å². The van der Waals surface area contributed by atoms with Crippen LogP contribution in [-0.2, 0) is 5.41 Å². The molecule has 1 heterocycles. The van der Waals surface area contributed by atoms with Crippen LogP contribution in [0.25, 0.3) is 0 Å². The minimum Gasteiger partial charge on any atom is -0.467 e. The number of aliphatic hydroxyl groups excluding tert-OH is 1. The number of nitrogens with one attached hydrogen (secondary N) is 1. The van der Waals surface area contributed by atoms with Crippen LogP contribution in [-0.4, -0.2) is 17.6 Å². The Labute approximate surface area is 124 Å². The molecule has 0 aliphatic rings. The number of hydrogen-bond donors (Lipinski definition) is 2. The topological polar surface area (TPSA) is 62.5 Å². The molecule has 21 heavy (non-hydrogen) atoms. The predicted molar refractivity (Wildman–Crippen MR) is 81.1 cm³/mol. The maximum Gasteiger partial charge on any atom is 0.251 e. The minimum atomic E-state index is -0.533. The molecule has 0 saturated heterocycles. The summed E-state index contributed by atoms with van der Waals surface area (Å²) in [7, 11) is 0. The minimum absolute atomic E-state index is 0.0524. The van der Waals surface area contributed by atoms with Crippen LogP contribution < -0.4 is 5.32 Å². The van der Waals surface area contributed by atoms with Gasteiger partial charge in [0.2, 0.25) is 0 Å². The van der Waals surface area contributed by atoms with Crippen LogP contribution in [0.3, 0.4) is 0 Å². The molecule has 4 heteroatoms. The Hall–Kier alpha value is -2.07. The Morgan fingerprint density at radius 3 is 2.38 bits per heavy atom. The van der Waals surface area contributed by atoms with Crippen molar-refractivity contribution >= 4 is 5.91 Å². The van der Waals surface area contributed by atoms with Crippen LogP contribution in [0.15, 0.2) is 47.1 Å². The van der Waals surface area contributed by atoms with E-state index in [2.05, 4.69) is 26.1 Å². The van der Waals surface area contributed by atoms with E-state index >= 15 is 0 Å². The van der Waals surface area contributed by atoms with E-state index in [1.807, 2.05) is 12.1 Å². The van der Waals surface area contributed by atoms with Crippen molar-refractivity contribution in [2.24, 2.45) is 0 Å². The molecule has 2 rings (SSSR count). The quantitative estimate of drug-likeness (QED) is 0.908. The van der Waals surface area contributed by atoms with E-state index in [0.29, 0.717) is 11.3 Å². The van der Waals surface area contributed by atoms with Gasteiger partial charge in [0.1, 0.15) is 11.8 Å². The average Bonchev–Trinajstić information content (AvgIpc) is 2.97. The van der Waals surface area contributed by atoms with Gasteiger partial charge in [-0.3, -0.25) is 4.79 Å². The molecule has 4 nitrogen and oxygen atoms in total. The summed E-state index contributed by atoms with van der Waals surface area (Å²) >= 11 is 0. The first-order valence-electron chi connectivity index (χ1n) is 6.97. The maximum atomic E-state index is 12.2. The number of hydrogen-bond acceptors (Lipinski definition) is 3. The number of aliphatic hydroxyl groups is 1. The lowest BCUT2D eigenvalue weighted by Gasteiger charge is -2.19. The van der Waals surface area contributed by atoms with Crippen molar-refractivity contribution in [1.29, 1.82) is 0 Å². The number of amides is 1. The molecule has 2 N–H and O–H groups in total. The van der Waals surface area contributed by atoms with E-state index in [1.165, 1.54) is 11.8 Å². The molecule has 2 aromatic rings. The fourth-order valence-electron chi connectivity index (χ4n) is 2.06. The molecule has 1 unspecified atom stereocenters. The van der Waals surface area contributed by atoms with E-state index in [0.717, 1.165) is 0 Å². The molecule has 1 atom stereocenters. The highest BCUT2D eigenvalue weighted by atomic mass is 16.3. The van der Waals surface area contributed by atoms with E-state index in [9.17, 15) is 9.90 Å². The number of carbonyl (C=O) groups is 1. The number of furan rings is 1. The normalized spacial score (nSPS) is 13.0. The lowest BCUT2D eigenvalue weighted by atomic mass is 9.86. The fourth-order valence-corrected chi connectivity index (χ4v) is 2.06. The third-order valence-corrected chi connectivity index (χ3v) is 3.39. The third-order valence-electron chi connectivity index (χ3n) is 3.39. The van der Waals surface area contributed by atoms with Crippen LogP contribution in [0, 0.1) is 0 Å². The zero-order chi connectivity index (χ0) is 15.5. The zero-order valence-corrected chi connectivity index (χ0v) is 12.6. The third kappa shape index (κ3) is 3.73. The fraction of sp³-hybridized carbons (Fsp3) is 0.353. The Morgan fingerprint density at radius 1 is 1.24 bits per heavy atom. The van der Waals surface area contributed by atoms with Crippen molar-refractivity contribution in [2.75, 3.05) is 6.61 Å². The van der Waals surface area contributed by atoms with E-state index in [4.69, 9.17) is 4.42 Å². The highest BCUT2D eigenvalue weighted by Gasteiger charge is 2.18. The van der Waals surface area contributed by atoms with Gasteiger partial charge in [-0.25, -0.2) is 0 Å². The van der Waals surface area contributed by atoms with Gasteiger partial charge in [0.25, 0.3) is 5.91 Å². The number of rotatable bonds is 4. The van der Waals surface area contributed by atoms with Gasteiger partial charge in [0.05, 0.1) is 12.9 Å². The number of benzene rings is 1. The highest BCUT2D eigenvalue weighted by molar-refractivity contribution is 5.94. The van der Waals surface area contributed by atoms with E-state index < -0.39 is 6.04 Å². The first-order valence-corrected chi connectivity index (χ1v) is 6.97. The molecule has 112 valence electrons. The lowest BCUT2D eigenvalue weighted by Crippen LogP contribution is -2.30. The van der Waals surface area contributed by atoms with Crippen molar-refractivity contribution < 1.29 is 14.3 Å². The average molecular weight is 287 g/mol. The summed E-state index contributed by atoms with van der Waals surface area (Å²) in [6.07, 6.45) is 1.52. The Morgan fingerprint density at radius 2 is 1.90 bits per heavy atom. The van der Waals surface area contributed by atoms with Gasteiger partial charge in [-0.15, -0.1) is 0 Å². The summed E-state index contributed by atoms with van der Waals surface area (Å²) in [6.45, 7) is 6.17. The molecule has 0 radical (unpaired) electrons. The van der Waals surface area contributed by atoms with Gasteiger partial charge in [0.15, 0.2) is 0 Å². The Balaban J connectivity index is 2.09. The Kier molecular flexibility index (Phi) is 4.48. The second kappa shape index (κ2) is 6.14. The molecular weight excluding hydrogens is 266 g/mol. The molecule has 0 saturated carbocycles. The second-order valence-electron chi connectivity index (χ2n) is 6.05. The number of carbonyl (C=O) groups excluding carboxylic acids is 1. The molecule has 0 bridgehead atoms. The SMILES string of the molecule is CC(C)(C)c1ccc(C(=O)NC(CO)c2ccco2)cc1. The van der Waals surface area contributed by atoms with Crippen molar-refractivity contribution in [3.8, 4) is 0 Å². The van der Waals surface area contributed by atoms with Crippen molar-refractivity contribution in [3.05, 3.63) is 59.5 Å². The van der Waals surface area contributed by atoms with Crippen molar-refractivity contribution in [2.45, 2.75) is 32.2 Å². The molecule has 1 amide bonds. The summed E-state index contributed by atoms with van der Waals surface area (Å²) < 4.78 is 5.21. The summed E-state index contributed by atoms with van der Waals surface area (Å²) in [5.74, 6) is 0.308. The van der Waals surface area contributed by atoms with Crippen molar-refractivity contribution in [3.63, 3.8) is 0 Å². The largest absolute Gasteiger partial charge is 0.467 e. The lowest BCUT2D eigenvalue weighted by molar-refractivity contribution is 0.0907. The highest BCUT2D eigenvalue weighted by Crippen LogP contribution is 2.22. The summed E-state index contributed by atoms with van der Waals surface area (Å²) in [5, 5.41) is 12.1. The van der Waals surface area contributed by atoms with Crippen LogP contribution in [0.1, 0.15) is 48.5 Å². The van der Waals surface area contributed by atoms with Crippen LogP contribution >= 0.6 is 0 Å². The zero-order valence-electron chi connectivity index (χ0n) is 12.6. The van der Waals surface area contributed by atoms with E-state index in [1.54, 1.807) is 24.3 Å². The second-order valence-corrected chi connectivity index (χ2v) is 6.05. The smallest absolute Gasteiger partial charge is 0.251 e. The van der Waals surface area contributed by atoms with Gasteiger partial charge in [-0.1, -0.05) is 32.9 Å². The first kappa shape index (κ1) is 15.3. The molecule has 0 aliphatic heterocycles. The first-order chi connectivity index (χ1) is 9.91. The monoisotopic (exact) mass is 287 g/mol. The molecule has 0 fully saturated rings. The van der Waals surface area contributed by atoms with Gasteiger partial charge >= 0.3 is 0 Å². The van der Waals surface area contributed by atoms with Crippen LogP contribution in [0.2, 0.25) is 0 Å². The standard InChI is InChI=1S/C17H21NO3/c1-17(2,3)13-8-6-12(7-9-13)16(20)18-14(11-19)15-5-4-10-21-15/h4-10,14,19H,11H2,1-3H3,(H,18,20). The summed E-state index contributed by atoms with van der Waals surface area (Å²) in [6, 6.07) is 10.4. The van der Waals surface area contributed by atoms with E-state index in [-0.39, 0.29) is 17.9 Å². The van der Waals surface area contributed by atoms with Crippen molar-refractivity contribution in [1.82, 2.24) is 5.32 Å². The summed E-state index contributed by atoms with van der Waals surface area (Å²) in [5.41, 5.74) is 1.79. The Bertz CT molecular complexity index is 579. The van der Waals surface area contributed by atoms with Gasteiger partial charge in [-0.05, 0) is 35.2 Å². The molecule has 1 aromatic heterocycles. The van der Waals surface area contributed by atoms with Crippen LogP contribution in [0.4, 0.5) is 0 Å². The molecular formula is C17H21NO3. The van der Waals surface area contributed by atoms with Gasteiger partial charge < -0.3 is 14.8 Å². The molecule has 0 spiro atoms. The molecule has 0 aliphatic carbocycles. The summed E-state index contributed by atoms with van der Waals surface area (Å²) in [4.78, 5) is 12.2. The van der Waals surface area contributed by atoms with Gasteiger partial charge in [-0.2, -0.15) is 0 Å². The predicted octanol–water partition coefficient (Wildman–Crippen LogP) is 3.04. The molecule has 1 aromatic carbocycles. The maximum absolute atomic E-state index is 12.2.